The van der Waals surface area contributed by atoms with E-state index in [0.717, 1.165) is 16.8 Å². The van der Waals surface area contributed by atoms with Gasteiger partial charge in [-0.1, -0.05) is 18.2 Å². The second kappa shape index (κ2) is 6.98. The fourth-order valence-electron chi connectivity index (χ4n) is 1.97. The molecule has 0 saturated heterocycles. The van der Waals surface area contributed by atoms with Crippen molar-refractivity contribution < 1.29 is 4.74 Å². The van der Waals surface area contributed by atoms with Crippen LogP contribution in [0.2, 0.25) is 0 Å². The molecule has 2 aromatic carbocycles. The van der Waals surface area contributed by atoms with Gasteiger partial charge in [0.05, 0.1) is 25.2 Å². The Balaban J connectivity index is 2.03. The summed E-state index contributed by atoms with van der Waals surface area (Å²) in [6.07, 6.45) is 0.424. The lowest BCUT2D eigenvalue weighted by atomic mass is 10.1. The predicted octanol–water partition coefficient (Wildman–Crippen LogP) is 3.25. The Morgan fingerprint density at radius 2 is 1.76 bits per heavy atom. The smallest absolute Gasteiger partial charge is 0.136 e. The maximum absolute atomic E-state index is 8.95. The number of hydrogen-bond donors (Lipinski definition) is 1. The van der Waals surface area contributed by atoms with Crippen LogP contribution in [0.25, 0.3) is 0 Å². The molecule has 0 aliphatic carbocycles. The van der Waals surface area contributed by atoms with Crippen LogP contribution in [0.3, 0.4) is 0 Å². The second-order valence-corrected chi connectivity index (χ2v) is 4.53. The molecule has 0 spiro atoms. The molecule has 0 radical (unpaired) electrons. The Labute approximate surface area is 124 Å². The van der Waals surface area contributed by atoms with Gasteiger partial charge in [-0.25, -0.2) is 0 Å². The third-order valence-corrected chi connectivity index (χ3v) is 3.12. The normalized spacial score (nSPS) is 9.48. The van der Waals surface area contributed by atoms with Crippen molar-refractivity contribution in [2.75, 3.05) is 12.4 Å². The average Bonchev–Trinajstić information content (AvgIpc) is 2.54. The molecule has 0 bridgehead atoms. The molecular weight excluding hydrogens is 262 g/mol. The maximum atomic E-state index is 8.95. The predicted molar refractivity (Wildman–Crippen MR) is 80.8 cm³/mol. The Kier molecular flexibility index (Phi) is 4.79. The highest BCUT2D eigenvalue weighted by Crippen LogP contribution is 2.20. The van der Waals surface area contributed by atoms with E-state index >= 15 is 0 Å². The molecule has 1 N–H and O–H groups in total. The van der Waals surface area contributed by atoms with E-state index in [0.29, 0.717) is 24.3 Å². The topological polar surface area (TPSA) is 68.8 Å². The molecule has 0 aliphatic heterocycles. The minimum atomic E-state index is 0.424. The number of nitrogens with zero attached hydrogens (tertiary/aromatic N) is 2. The van der Waals surface area contributed by atoms with Crippen molar-refractivity contribution >= 4 is 5.69 Å². The number of methoxy groups -OCH3 is 1. The van der Waals surface area contributed by atoms with Crippen LogP contribution in [0, 0.1) is 22.7 Å². The summed E-state index contributed by atoms with van der Waals surface area (Å²) in [7, 11) is 1.56. The van der Waals surface area contributed by atoms with E-state index in [1.807, 2.05) is 36.4 Å². The summed E-state index contributed by atoms with van der Waals surface area (Å²) in [5.74, 6) is 0.584. The first-order chi connectivity index (χ1) is 10.3. The summed E-state index contributed by atoms with van der Waals surface area (Å²) in [6, 6.07) is 17.5. The quantitative estimate of drug-likeness (QED) is 0.910. The van der Waals surface area contributed by atoms with Crippen LogP contribution in [-0.2, 0) is 13.0 Å². The average molecular weight is 277 g/mol. The Hall–Kier alpha value is -2.98. The molecule has 0 atom stereocenters. The van der Waals surface area contributed by atoms with Crippen molar-refractivity contribution in [3.8, 4) is 17.9 Å². The molecule has 0 aliphatic rings. The molecule has 2 aromatic rings. The van der Waals surface area contributed by atoms with Gasteiger partial charge in [-0.3, -0.25) is 0 Å². The number of nitrogens with one attached hydrogen (secondary N) is 1. The first-order valence-electron chi connectivity index (χ1n) is 6.53. The highest BCUT2D eigenvalue weighted by atomic mass is 16.5. The highest BCUT2D eigenvalue weighted by Gasteiger charge is 2.03. The van der Waals surface area contributed by atoms with Crippen molar-refractivity contribution in [1.82, 2.24) is 0 Å². The van der Waals surface area contributed by atoms with Gasteiger partial charge in [0.2, 0.25) is 0 Å². The first kappa shape index (κ1) is 14.4. The van der Waals surface area contributed by atoms with Crippen molar-refractivity contribution in [2.24, 2.45) is 0 Å². The van der Waals surface area contributed by atoms with Gasteiger partial charge in [0, 0.05) is 12.2 Å². The summed E-state index contributed by atoms with van der Waals surface area (Å²) >= 11 is 0. The van der Waals surface area contributed by atoms with Gasteiger partial charge in [-0.15, -0.1) is 0 Å². The summed E-state index contributed by atoms with van der Waals surface area (Å²) in [5.41, 5.74) is 3.55. The van der Waals surface area contributed by atoms with Gasteiger partial charge in [0.15, 0.2) is 0 Å². The van der Waals surface area contributed by atoms with Gasteiger partial charge < -0.3 is 10.1 Å². The van der Waals surface area contributed by atoms with E-state index < -0.39 is 0 Å². The Bertz CT molecular complexity index is 693. The Morgan fingerprint density at radius 1 is 1.05 bits per heavy atom. The van der Waals surface area contributed by atoms with Gasteiger partial charge in [-0.05, 0) is 35.4 Å². The molecule has 104 valence electrons. The van der Waals surface area contributed by atoms with Crippen molar-refractivity contribution in [3.05, 3.63) is 59.2 Å². The molecule has 0 heterocycles. The molecule has 0 amide bonds. The molecule has 0 unspecified atom stereocenters. The summed E-state index contributed by atoms with van der Waals surface area (Å²) in [4.78, 5) is 0. The summed E-state index contributed by atoms with van der Waals surface area (Å²) < 4.78 is 5.19. The third-order valence-electron chi connectivity index (χ3n) is 3.12. The minimum Gasteiger partial charge on any atom is -0.495 e. The van der Waals surface area contributed by atoms with Crippen molar-refractivity contribution in [1.29, 1.82) is 10.5 Å². The molecule has 21 heavy (non-hydrogen) atoms. The zero-order valence-corrected chi connectivity index (χ0v) is 11.8. The highest BCUT2D eigenvalue weighted by molar-refractivity contribution is 5.48. The number of hydrogen-bond acceptors (Lipinski definition) is 4. The number of ether oxygens (including phenoxy) is 1. The van der Waals surface area contributed by atoms with E-state index in [-0.39, 0.29) is 0 Å². The minimum absolute atomic E-state index is 0.424. The van der Waals surface area contributed by atoms with E-state index in [9.17, 15) is 0 Å². The lowest BCUT2D eigenvalue weighted by Gasteiger charge is -2.09. The van der Waals surface area contributed by atoms with Crippen LogP contribution in [-0.4, -0.2) is 7.11 Å². The van der Waals surface area contributed by atoms with E-state index in [1.165, 1.54) is 0 Å². The fraction of sp³-hybridized carbons (Fsp3) is 0.176. The monoisotopic (exact) mass is 277 g/mol. The molecule has 2 rings (SSSR count). The van der Waals surface area contributed by atoms with Gasteiger partial charge >= 0.3 is 0 Å². The molecule has 0 fully saturated rings. The summed E-state index contributed by atoms with van der Waals surface area (Å²) in [6.45, 7) is 0.639. The van der Waals surface area contributed by atoms with Crippen LogP contribution in [0.4, 0.5) is 5.69 Å². The van der Waals surface area contributed by atoms with Crippen LogP contribution >= 0.6 is 0 Å². The lowest BCUT2D eigenvalue weighted by Crippen LogP contribution is -2.00. The number of nitriles is 2. The number of rotatable bonds is 5. The van der Waals surface area contributed by atoms with Gasteiger partial charge in [-0.2, -0.15) is 10.5 Å². The largest absolute Gasteiger partial charge is 0.495 e. The maximum Gasteiger partial charge on any atom is 0.136 e. The Morgan fingerprint density at radius 3 is 2.38 bits per heavy atom. The van der Waals surface area contributed by atoms with E-state index in [1.54, 1.807) is 13.2 Å². The molecule has 4 nitrogen and oxygen atoms in total. The van der Waals surface area contributed by atoms with Crippen LogP contribution in [0.5, 0.6) is 5.75 Å². The van der Waals surface area contributed by atoms with Crippen LogP contribution in [0.1, 0.15) is 16.7 Å². The lowest BCUT2D eigenvalue weighted by molar-refractivity contribution is 0.413. The zero-order chi connectivity index (χ0) is 15.1. The molecule has 0 aromatic heterocycles. The van der Waals surface area contributed by atoms with Crippen molar-refractivity contribution in [2.45, 2.75) is 13.0 Å². The van der Waals surface area contributed by atoms with Crippen molar-refractivity contribution in [3.63, 3.8) is 0 Å². The van der Waals surface area contributed by atoms with E-state index in [2.05, 4.69) is 17.5 Å². The number of benzene rings is 2. The molecule has 0 saturated carbocycles. The SMILES string of the molecule is COc1cc(CNc2ccc(CC#N)cc2)ccc1C#N. The van der Waals surface area contributed by atoms with Gasteiger partial charge in [0.25, 0.3) is 0 Å². The second-order valence-electron chi connectivity index (χ2n) is 4.53. The van der Waals surface area contributed by atoms with Crippen LogP contribution < -0.4 is 10.1 Å². The van der Waals surface area contributed by atoms with E-state index in [4.69, 9.17) is 15.3 Å². The summed E-state index contributed by atoms with van der Waals surface area (Å²) in [5, 5.41) is 20.9. The third kappa shape index (κ3) is 3.75. The zero-order valence-electron chi connectivity index (χ0n) is 11.8. The molecular formula is C17H15N3O. The van der Waals surface area contributed by atoms with Gasteiger partial charge in [0.1, 0.15) is 11.8 Å². The number of anilines is 1. The fourth-order valence-corrected chi connectivity index (χ4v) is 1.97. The molecule has 4 heteroatoms. The standard InChI is InChI=1S/C17H15N3O/c1-21-17-10-14(2-5-15(17)11-19)12-20-16-6-3-13(4-7-16)8-9-18/h2-7,10,20H,8,12H2,1H3. The first-order valence-corrected chi connectivity index (χ1v) is 6.53. The van der Waals surface area contributed by atoms with Crippen LogP contribution in [0.15, 0.2) is 42.5 Å².